The molecule has 0 aromatic heterocycles. The number of rotatable bonds is 5. The fraction of sp³-hybridized carbons (Fsp3) is 0.409. The Balaban J connectivity index is 1.65. The minimum absolute atomic E-state index is 0.0356. The molecule has 2 aliphatic rings. The second-order valence-corrected chi connectivity index (χ2v) is 10.9. The van der Waals surface area contributed by atoms with Gasteiger partial charge in [0.15, 0.2) is 27.3 Å². The summed E-state index contributed by atoms with van der Waals surface area (Å²) in [4.78, 5) is 12.4. The molecule has 2 bridgehead atoms. The van der Waals surface area contributed by atoms with Crippen LogP contribution < -0.4 is 5.32 Å². The van der Waals surface area contributed by atoms with Gasteiger partial charge in [0.2, 0.25) is 0 Å². The number of halogens is 4. The number of carbonyl (C=O) groups excluding carboxylic acids is 1. The van der Waals surface area contributed by atoms with E-state index in [1.807, 2.05) is 0 Å². The van der Waals surface area contributed by atoms with Crippen LogP contribution in [0.25, 0.3) is 0 Å². The molecule has 5 nitrogen and oxygen atoms in total. The number of fused-ring (bicyclic) bond motifs is 2. The summed E-state index contributed by atoms with van der Waals surface area (Å²) in [6, 6.07) is 4.96. The lowest BCUT2D eigenvalue weighted by molar-refractivity contribution is 0.102. The fourth-order valence-electron chi connectivity index (χ4n) is 5.09. The maximum Gasteiger partial charge on any atom is 0.255 e. The SMILES string of the molecule is O=C(Nc1cc(F)c(F)c(F)c1)c1ccc(Cl)c(S(=O)(=O)C2C3CCC(CO)[C@@H]2CC3)c1. The Kier molecular flexibility index (Phi) is 6.26. The highest BCUT2D eigenvalue weighted by atomic mass is 35.5. The largest absolute Gasteiger partial charge is 0.396 e. The van der Waals surface area contributed by atoms with Crippen molar-refractivity contribution < 1.29 is 31.5 Å². The summed E-state index contributed by atoms with van der Waals surface area (Å²) in [5.74, 6) is -5.73. The van der Waals surface area contributed by atoms with E-state index in [0.717, 1.165) is 18.9 Å². The van der Waals surface area contributed by atoms with Gasteiger partial charge in [0.05, 0.1) is 15.2 Å². The molecule has 2 aliphatic carbocycles. The summed E-state index contributed by atoms with van der Waals surface area (Å²) < 4.78 is 67.1. The molecule has 2 fully saturated rings. The third kappa shape index (κ3) is 4.02. The van der Waals surface area contributed by atoms with Crippen molar-refractivity contribution in [2.24, 2.45) is 17.8 Å². The van der Waals surface area contributed by atoms with Crippen molar-refractivity contribution in [2.45, 2.75) is 35.8 Å². The van der Waals surface area contributed by atoms with E-state index in [4.69, 9.17) is 11.6 Å². The van der Waals surface area contributed by atoms with E-state index in [0.29, 0.717) is 25.0 Å². The summed E-state index contributed by atoms with van der Waals surface area (Å²) in [5.41, 5.74) is -0.401. The monoisotopic (exact) mass is 487 g/mol. The first-order valence-corrected chi connectivity index (χ1v) is 12.2. The Morgan fingerprint density at radius 3 is 2.38 bits per heavy atom. The maximum atomic E-state index is 13.6. The standard InChI is InChI=1S/C22H21ClF3NO4S/c23-16-6-4-12(22(29)27-14-8-17(24)20(26)18(25)9-14)7-19(16)32(30,31)21-11-1-2-13(10-28)15(21)5-3-11/h4,6-9,11,13,15,21,28H,1-3,5,10H2,(H,27,29)/t11?,13?,15-,21?/m0/s1. The summed E-state index contributed by atoms with van der Waals surface area (Å²) in [5, 5.41) is 11.2. The third-order valence-corrected chi connectivity index (χ3v) is 9.45. The number of sulfone groups is 1. The lowest BCUT2D eigenvalue weighted by atomic mass is 9.80. The molecule has 1 amide bonds. The van der Waals surface area contributed by atoms with E-state index in [1.54, 1.807) is 0 Å². The number of aliphatic hydroxyl groups is 1. The van der Waals surface area contributed by atoms with Gasteiger partial charge < -0.3 is 10.4 Å². The fourth-order valence-corrected chi connectivity index (χ4v) is 8.05. The molecule has 2 saturated carbocycles. The summed E-state index contributed by atoms with van der Waals surface area (Å²) in [6.07, 6.45) is 2.94. The molecule has 0 saturated heterocycles. The molecule has 4 atom stereocenters. The Morgan fingerprint density at radius 2 is 1.72 bits per heavy atom. The van der Waals surface area contributed by atoms with E-state index >= 15 is 0 Å². The van der Waals surface area contributed by atoms with Crippen LogP contribution in [0.4, 0.5) is 18.9 Å². The van der Waals surface area contributed by atoms with Crippen LogP contribution in [0.3, 0.4) is 0 Å². The van der Waals surface area contributed by atoms with Gasteiger partial charge in [-0.3, -0.25) is 4.79 Å². The molecule has 2 N–H and O–H groups in total. The molecule has 4 rings (SSSR count). The highest BCUT2D eigenvalue weighted by Crippen LogP contribution is 2.50. The van der Waals surface area contributed by atoms with Crippen molar-refractivity contribution in [2.75, 3.05) is 11.9 Å². The average molecular weight is 488 g/mol. The van der Waals surface area contributed by atoms with Gasteiger partial charge in [0.25, 0.3) is 5.91 Å². The second kappa shape index (κ2) is 8.68. The van der Waals surface area contributed by atoms with Gasteiger partial charge in [0.1, 0.15) is 0 Å². The normalized spacial score (nSPS) is 25.0. The molecule has 172 valence electrons. The van der Waals surface area contributed by atoms with E-state index in [1.165, 1.54) is 12.1 Å². The van der Waals surface area contributed by atoms with Crippen molar-refractivity contribution in [1.29, 1.82) is 0 Å². The third-order valence-electron chi connectivity index (χ3n) is 6.61. The predicted octanol–water partition coefficient (Wildman–Crippen LogP) is 4.58. The Hall–Kier alpha value is -2.10. The van der Waals surface area contributed by atoms with Crippen LogP contribution in [-0.2, 0) is 9.84 Å². The van der Waals surface area contributed by atoms with Crippen LogP contribution in [0.5, 0.6) is 0 Å². The van der Waals surface area contributed by atoms with Gasteiger partial charge in [-0.2, -0.15) is 0 Å². The molecular formula is C22H21ClF3NO4S. The first-order chi connectivity index (χ1) is 15.1. The lowest BCUT2D eigenvalue weighted by Gasteiger charge is -2.35. The van der Waals surface area contributed by atoms with Gasteiger partial charge in [-0.05, 0) is 61.6 Å². The topological polar surface area (TPSA) is 83.5 Å². The smallest absolute Gasteiger partial charge is 0.255 e. The van der Waals surface area contributed by atoms with Crippen LogP contribution >= 0.6 is 11.6 Å². The van der Waals surface area contributed by atoms with Crippen LogP contribution in [0.2, 0.25) is 5.02 Å². The van der Waals surface area contributed by atoms with Crippen molar-refractivity contribution in [1.82, 2.24) is 0 Å². The van der Waals surface area contributed by atoms with Crippen LogP contribution in [0.15, 0.2) is 35.2 Å². The second-order valence-electron chi connectivity index (χ2n) is 8.38. The van der Waals surface area contributed by atoms with Crippen LogP contribution in [0.1, 0.15) is 36.0 Å². The lowest BCUT2D eigenvalue weighted by Crippen LogP contribution is -2.40. The van der Waals surface area contributed by atoms with Gasteiger partial charge in [-0.25, -0.2) is 21.6 Å². The molecule has 10 heteroatoms. The summed E-state index contributed by atoms with van der Waals surface area (Å²) in [7, 11) is -3.91. The van der Waals surface area contributed by atoms with Gasteiger partial charge in [-0.1, -0.05) is 11.6 Å². The maximum absolute atomic E-state index is 13.6. The Bertz CT molecular complexity index is 1150. The van der Waals surface area contributed by atoms with Crippen molar-refractivity contribution in [3.8, 4) is 0 Å². The quantitative estimate of drug-likeness (QED) is 0.605. The number of aliphatic hydroxyl groups excluding tert-OH is 1. The van der Waals surface area contributed by atoms with Crippen molar-refractivity contribution in [3.63, 3.8) is 0 Å². The highest BCUT2D eigenvalue weighted by molar-refractivity contribution is 7.92. The minimum Gasteiger partial charge on any atom is -0.396 e. The predicted molar refractivity (Wildman–Crippen MR) is 113 cm³/mol. The van der Waals surface area contributed by atoms with Crippen LogP contribution in [-0.4, -0.2) is 31.3 Å². The number of hydrogen-bond donors (Lipinski definition) is 2. The molecule has 0 radical (unpaired) electrons. The molecule has 0 spiro atoms. The minimum atomic E-state index is -3.91. The molecular weight excluding hydrogens is 467 g/mol. The number of anilines is 1. The zero-order valence-corrected chi connectivity index (χ0v) is 18.4. The van der Waals surface area contributed by atoms with Gasteiger partial charge in [-0.15, -0.1) is 0 Å². The molecule has 0 heterocycles. The Morgan fingerprint density at radius 1 is 1.06 bits per heavy atom. The number of hydrogen-bond acceptors (Lipinski definition) is 4. The molecule has 0 aliphatic heterocycles. The van der Waals surface area contributed by atoms with E-state index in [9.17, 15) is 31.5 Å². The Labute approximate surface area is 188 Å². The first kappa shape index (κ1) is 23.1. The first-order valence-electron chi connectivity index (χ1n) is 10.2. The molecule has 3 unspecified atom stereocenters. The molecule has 2 aromatic rings. The van der Waals surface area contributed by atoms with Gasteiger partial charge >= 0.3 is 0 Å². The number of benzene rings is 2. The van der Waals surface area contributed by atoms with Crippen molar-refractivity contribution in [3.05, 3.63) is 58.4 Å². The zero-order chi connectivity index (χ0) is 23.2. The molecule has 32 heavy (non-hydrogen) atoms. The van der Waals surface area contributed by atoms with Crippen LogP contribution in [0, 0.1) is 35.2 Å². The van der Waals surface area contributed by atoms with E-state index in [-0.39, 0.29) is 45.5 Å². The highest BCUT2D eigenvalue weighted by Gasteiger charge is 2.51. The number of carbonyl (C=O) groups is 1. The number of amides is 1. The zero-order valence-electron chi connectivity index (χ0n) is 16.8. The molecule has 2 aromatic carbocycles. The number of nitrogens with one attached hydrogen (secondary N) is 1. The van der Waals surface area contributed by atoms with Crippen molar-refractivity contribution >= 4 is 33.0 Å². The van der Waals surface area contributed by atoms with E-state index < -0.39 is 38.4 Å². The average Bonchev–Trinajstić information content (AvgIpc) is 3.07. The van der Waals surface area contributed by atoms with E-state index in [2.05, 4.69) is 5.32 Å². The van der Waals surface area contributed by atoms with Gasteiger partial charge in [0, 0.05) is 30.0 Å². The summed E-state index contributed by atoms with van der Waals surface area (Å²) >= 11 is 6.21. The summed E-state index contributed by atoms with van der Waals surface area (Å²) in [6.45, 7) is -0.0790.